The summed E-state index contributed by atoms with van der Waals surface area (Å²) in [5.74, 6) is -2.30. The Balaban J connectivity index is 3.43. The lowest BCUT2D eigenvalue weighted by atomic mass is 10.3. The fraction of sp³-hybridized carbons (Fsp3) is 0. The second-order valence-electron chi connectivity index (χ2n) is 2.68. The first-order valence-corrected chi connectivity index (χ1v) is 4.33. The fourth-order valence-corrected chi connectivity index (χ4v) is 1.16. The van der Waals surface area contributed by atoms with Crippen LogP contribution in [-0.4, -0.2) is 33.7 Å². The van der Waals surface area contributed by atoms with Crippen molar-refractivity contribution in [1.82, 2.24) is 4.98 Å². The van der Waals surface area contributed by atoms with E-state index in [9.17, 15) is 18.8 Å². The third-order valence-corrected chi connectivity index (χ3v) is 1.95. The van der Waals surface area contributed by atoms with Gasteiger partial charge >= 0.3 is 12.2 Å². The molecule has 0 saturated heterocycles. The molecule has 0 aliphatic carbocycles. The maximum atomic E-state index is 13.3. The molecule has 1 heterocycles. The number of hydrogen-bond donors (Lipinski definition) is 2. The number of hydrogen-bond acceptors (Lipinski definition) is 4. The molecule has 1 aromatic rings. The lowest BCUT2D eigenvalue weighted by Crippen LogP contribution is -2.36. The molecule has 90 valence electrons. The van der Waals surface area contributed by atoms with E-state index in [0.29, 0.717) is 6.07 Å². The van der Waals surface area contributed by atoms with Gasteiger partial charge < -0.3 is 10.2 Å². The topological polar surface area (TPSA) is 108 Å². The van der Waals surface area contributed by atoms with Gasteiger partial charge in [0.1, 0.15) is 5.69 Å². The van der Waals surface area contributed by atoms with Crippen LogP contribution in [-0.2, 0) is 0 Å². The Morgan fingerprint density at radius 2 is 1.94 bits per heavy atom. The summed E-state index contributed by atoms with van der Waals surface area (Å²) in [5.41, 5.74) is -0.462. The third kappa shape index (κ3) is 2.48. The SMILES string of the molecule is O=Cc1nc(N(C(=O)O)C(=O)O)c(F)cc1Cl. The Morgan fingerprint density at radius 1 is 1.41 bits per heavy atom. The molecule has 9 heteroatoms. The lowest BCUT2D eigenvalue weighted by Gasteiger charge is -2.13. The summed E-state index contributed by atoms with van der Waals surface area (Å²) in [4.78, 5) is 34.5. The van der Waals surface area contributed by atoms with Crippen molar-refractivity contribution in [3.05, 3.63) is 22.6 Å². The third-order valence-electron chi connectivity index (χ3n) is 1.64. The molecule has 7 nitrogen and oxygen atoms in total. The van der Waals surface area contributed by atoms with Gasteiger partial charge in [-0.15, -0.1) is 0 Å². The average Bonchev–Trinajstić information content (AvgIpc) is 2.20. The van der Waals surface area contributed by atoms with Gasteiger partial charge in [0, 0.05) is 0 Å². The van der Waals surface area contributed by atoms with Gasteiger partial charge in [0.2, 0.25) is 0 Å². The van der Waals surface area contributed by atoms with Crippen molar-refractivity contribution in [2.45, 2.75) is 0 Å². The highest BCUT2D eigenvalue weighted by Gasteiger charge is 2.27. The molecule has 0 bridgehead atoms. The minimum absolute atomic E-state index is 0.146. The number of aromatic nitrogens is 1. The molecule has 1 rings (SSSR count). The molecular weight excluding hydrogens is 259 g/mol. The Kier molecular flexibility index (Phi) is 3.59. The number of nitrogens with zero attached hydrogens (tertiary/aromatic N) is 2. The zero-order valence-electron chi connectivity index (χ0n) is 7.92. The summed E-state index contributed by atoms with van der Waals surface area (Å²) in [7, 11) is 0. The molecule has 2 amide bonds. The van der Waals surface area contributed by atoms with Crippen molar-refractivity contribution >= 4 is 35.9 Å². The van der Waals surface area contributed by atoms with E-state index in [1.54, 1.807) is 0 Å². The maximum absolute atomic E-state index is 13.3. The quantitative estimate of drug-likeness (QED) is 0.788. The Bertz CT molecular complexity index is 493. The van der Waals surface area contributed by atoms with Gasteiger partial charge in [-0.2, -0.15) is 4.90 Å². The lowest BCUT2D eigenvalue weighted by molar-refractivity contribution is 0.111. The first-order chi connectivity index (χ1) is 7.88. The van der Waals surface area contributed by atoms with Crippen molar-refractivity contribution in [2.24, 2.45) is 0 Å². The van der Waals surface area contributed by atoms with Gasteiger partial charge in [-0.3, -0.25) is 4.79 Å². The van der Waals surface area contributed by atoms with Crippen LogP contribution in [0.5, 0.6) is 0 Å². The van der Waals surface area contributed by atoms with Crippen LogP contribution in [0.1, 0.15) is 10.5 Å². The molecule has 0 atom stereocenters. The van der Waals surface area contributed by atoms with Crippen LogP contribution in [0.2, 0.25) is 5.02 Å². The summed E-state index contributed by atoms with van der Waals surface area (Å²) >= 11 is 5.42. The second-order valence-corrected chi connectivity index (χ2v) is 3.09. The van der Waals surface area contributed by atoms with Crippen molar-refractivity contribution in [3.8, 4) is 0 Å². The molecule has 0 spiro atoms. The molecule has 1 aromatic heterocycles. The number of aldehydes is 1. The smallest absolute Gasteiger partial charge is 0.422 e. The molecule has 0 fully saturated rings. The Hall–Kier alpha value is -2.22. The molecule has 0 unspecified atom stereocenters. The number of anilines is 1. The van der Waals surface area contributed by atoms with E-state index in [0.717, 1.165) is 0 Å². The van der Waals surface area contributed by atoms with Gasteiger partial charge in [0.05, 0.1) is 5.02 Å². The number of amides is 2. The Labute approximate surface area is 98.0 Å². The number of halogens is 2. The average molecular weight is 263 g/mol. The molecule has 0 saturated carbocycles. The minimum atomic E-state index is -1.96. The Morgan fingerprint density at radius 3 is 2.35 bits per heavy atom. The second kappa shape index (κ2) is 4.74. The first kappa shape index (κ1) is 12.8. The first-order valence-electron chi connectivity index (χ1n) is 3.95. The summed E-state index contributed by atoms with van der Waals surface area (Å²) < 4.78 is 13.3. The van der Waals surface area contributed by atoms with E-state index in [-0.39, 0.29) is 16.2 Å². The van der Waals surface area contributed by atoms with E-state index in [2.05, 4.69) is 4.98 Å². The van der Waals surface area contributed by atoms with Crippen LogP contribution in [0, 0.1) is 5.82 Å². The molecular formula is C8H4ClFN2O5. The molecule has 0 aliphatic rings. The summed E-state index contributed by atoms with van der Waals surface area (Å²) in [6.07, 6.45) is -3.76. The summed E-state index contributed by atoms with van der Waals surface area (Å²) in [6.45, 7) is 0. The van der Waals surface area contributed by atoms with Gasteiger partial charge in [-0.1, -0.05) is 11.6 Å². The highest BCUT2D eigenvalue weighted by Crippen LogP contribution is 2.22. The van der Waals surface area contributed by atoms with Gasteiger partial charge in [-0.25, -0.2) is 19.0 Å². The highest BCUT2D eigenvalue weighted by atomic mass is 35.5. The minimum Gasteiger partial charge on any atom is -0.464 e. The van der Waals surface area contributed by atoms with Crippen molar-refractivity contribution in [1.29, 1.82) is 0 Å². The van der Waals surface area contributed by atoms with Gasteiger partial charge in [-0.05, 0) is 6.07 Å². The predicted octanol–water partition coefficient (Wildman–Crippen LogP) is 1.85. The van der Waals surface area contributed by atoms with Crippen LogP contribution < -0.4 is 4.90 Å². The van der Waals surface area contributed by atoms with Crippen molar-refractivity contribution < 1.29 is 29.0 Å². The van der Waals surface area contributed by atoms with E-state index in [1.807, 2.05) is 0 Å². The van der Waals surface area contributed by atoms with Crippen molar-refractivity contribution in [3.63, 3.8) is 0 Å². The predicted molar refractivity (Wildman–Crippen MR) is 53.1 cm³/mol. The zero-order valence-corrected chi connectivity index (χ0v) is 8.68. The van der Waals surface area contributed by atoms with Crippen LogP contribution in [0.4, 0.5) is 19.8 Å². The molecule has 0 radical (unpaired) electrons. The van der Waals surface area contributed by atoms with Crippen LogP contribution >= 0.6 is 11.6 Å². The number of carbonyl (C=O) groups excluding carboxylic acids is 1. The molecule has 0 aromatic carbocycles. The number of carbonyl (C=O) groups is 3. The normalized spacial score (nSPS) is 9.76. The monoisotopic (exact) mass is 262 g/mol. The highest BCUT2D eigenvalue weighted by molar-refractivity contribution is 6.32. The van der Waals surface area contributed by atoms with E-state index in [4.69, 9.17) is 21.8 Å². The van der Waals surface area contributed by atoms with Gasteiger partial charge in [0.15, 0.2) is 17.9 Å². The fourth-order valence-electron chi connectivity index (χ4n) is 0.973. The molecule has 0 aliphatic heterocycles. The molecule has 2 N–H and O–H groups in total. The van der Waals surface area contributed by atoms with Crippen LogP contribution in [0.15, 0.2) is 6.07 Å². The standard InChI is InChI=1S/C8H4ClFN2O5/c9-3-1-4(10)6(11-5(3)2-13)12(7(14)15)8(16)17/h1-2H,(H,14,15)(H,16,17). The number of carboxylic acid groups (broad SMARTS) is 2. The summed E-state index contributed by atoms with van der Waals surface area (Å²) in [5, 5.41) is 16.8. The number of imide groups is 1. The van der Waals surface area contributed by atoms with E-state index in [1.165, 1.54) is 0 Å². The molecule has 17 heavy (non-hydrogen) atoms. The van der Waals surface area contributed by atoms with Crippen LogP contribution in [0.3, 0.4) is 0 Å². The summed E-state index contributed by atoms with van der Waals surface area (Å²) in [6, 6.07) is 0.604. The zero-order chi connectivity index (χ0) is 13.2. The maximum Gasteiger partial charge on any atom is 0.422 e. The largest absolute Gasteiger partial charge is 0.464 e. The number of pyridine rings is 1. The number of rotatable bonds is 2. The van der Waals surface area contributed by atoms with Gasteiger partial charge in [0.25, 0.3) is 0 Å². The van der Waals surface area contributed by atoms with Crippen LogP contribution in [0.25, 0.3) is 0 Å². The van der Waals surface area contributed by atoms with Crippen molar-refractivity contribution in [2.75, 3.05) is 4.90 Å². The van der Waals surface area contributed by atoms with E-state index < -0.39 is 29.5 Å². The van der Waals surface area contributed by atoms with E-state index >= 15 is 0 Å².